The Kier molecular flexibility index (Phi) is 7.80. The van der Waals surface area contributed by atoms with Crippen LogP contribution in [0.4, 0.5) is 0 Å². The molecule has 0 unspecified atom stereocenters. The van der Waals surface area contributed by atoms with Gasteiger partial charge >= 0.3 is 0 Å². The Morgan fingerprint density at radius 3 is 2.59 bits per heavy atom. The van der Waals surface area contributed by atoms with Crippen molar-refractivity contribution in [3.63, 3.8) is 0 Å². The van der Waals surface area contributed by atoms with E-state index in [2.05, 4.69) is 57.4 Å². The van der Waals surface area contributed by atoms with E-state index in [1.807, 2.05) is 62.4 Å². The summed E-state index contributed by atoms with van der Waals surface area (Å²) in [5, 5.41) is 6.49. The number of hydrazone groups is 1. The Labute approximate surface area is 212 Å². The molecule has 0 aliphatic rings. The molecule has 0 aliphatic carbocycles. The smallest absolute Gasteiger partial charge is 0.271 e. The average molecular weight is 564 g/mol. The number of carbonyl (C=O) groups excluding carboxylic acids is 1. The minimum absolute atomic E-state index is 0.246. The minimum atomic E-state index is -0.246. The zero-order valence-corrected chi connectivity index (χ0v) is 21.2. The molecule has 0 fully saturated rings. The third kappa shape index (κ3) is 5.56. The molecule has 172 valence electrons. The van der Waals surface area contributed by atoms with Crippen LogP contribution in [0.5, 0.6) is 11.5 Å². The standard InChI is InChI=1S/C28H25IN2O3/c1-3-33-26-16-20(17-30-31-28(32)23-13-6-4-9-19(23)2)15-25(29)27(26)34-18-22-12-8-11-21-10-5-7-14-24(21)22/h4-17H,3,18H2,1-2H3,(H,31,32)/b30-17+. The van der Waals surface area contributed by atoms with Crippen LogP contribution in [-0.4, -0.2) is 18.7 Å². The summed E-state index contributed by atoms with van der Waals surface area (Å²) in [5.41, 5.74) is 6.00. The van der Waals surface area contributed by atoms with Crippen molar-refractivity contribution < 1.29 is 14.3 Å². The molecule has 0 aliphatic heterocycles. The van der Waals surface area contributed by atoms with Crippen LogP contribution in [-0.2, 0) is 6.61 Å². The molecule has 6 heteroatoms. The number of amides is 1. The molecule has 0 saturated carbocycles. The highest BCUT2D eigenvalue weighted by Gasteiger charge is 2.13. The zero-order chi connectivity index (χ0) is 23.9. The van der Waals surface area contributed by atoms with E-state index >= 15 is 0 Å². The molecule has 1 N–H and O–H groups in total. The van der Waals surface area contributed by atoms with E-state index in [4.69, 9.17) is 9.47 Å². The molecule has 4 aromatic carbocycles. The van der Waals surface area contributed by atoms with Gasteiger partial charge in [0, 0.05) is 5.56 Å². The van der Waals surface area contributed by atoms with Crippen molar-refractivity contribution in [3.8, 4) is 11.5 Å². The molecule has 0 heterocycles. The molecule has 0 spiro atoms. The summed E-state index contributed by atoms with van der Waals surface area (Å²) >= 11 is 2.24. The lowest BCUT2D eigenvalue weighted by Crippen LogP contribution is -2.18. The maximum atomic E-state index is 12.4. The van der Waals surface area contributed by atoms with E-state index in [9.17, 15) is 4.79 Å². The van der Waals surface area contributed by atoms with Crippen LogP contribution in [0, 0.1) is 10.5 Å². The van der Waals surface area contributed by atoms with Crippen LogP contribution in [0.1, 0.15) is 34.0 Å². The van der Waals surface area contributed by atoms with Gasteiger partial charge in [-0.3, -0.25) is 4.79 Å². The van der Waals surface area contributed by atoms with Crippen LogP contribution in [0.15, 0.2) is 84.0 Å². The molecule has 5 nitrogen and oxygen atoms in total. The molecule has 0 saturated heterocycles. The summed E-state index contributed by atoms with van der Waals surface area (Å²) < 4.78 is 13.0. The molecule has 1 amide bonds. The van der Waals surface area contributed by atoms with Crippen molar-refractivity contribution in [2.24, 2.45) is 5.10 Å². The molecular weight excluding hydrogens is 539 g/mol. The van der Waals surface area contributed by atoms with Crippen LogP contribution < -0.4 is 14.9 Å². The van der Waals surface area contributed by atoms with Gasteiger partial charge in [0.15, 0.2) is 11.5 Å². The second-order valence-corrected chi connectivity index (χ2v) is 8.87. The second kappa shape index (κ2) is 11.2. The fourth-order valence-electron chi connectivity index (χ4n) is 3.69. The van der Waals surface area contributed by atoms with Crippen LogP contribution in [0.2, 0.25) is 0 Å². The normalized spacial score (nSPS) is 11.0. The summed E-state index contributed by atoms with van der Waals surface area (Å²) in [6, 6.07) is 25.7. The Balaban J connectivity index is 1.51. The Morgan fingerprint density at radius 2 is 1.76 bits per heavy atom. The van der Waals surface area contributed by atoms with Gasteiger partial charge in [-0.15, -0.1) is 0 Å². The molecule has 0 radical (unpaired) electrons. The van der Waals surface area contributed by atoms with Crippen LogP contribution >= 0.6 is 22.6 Å². The van der Waals surface area contributed by atoms with Crippen molar-refractivity contribution in [1.82, 2.24) is 5.43 Å². The van der Waals surface area contributed by atoms with E-state index in [1.54, 1.807) is 12.3 Å². The van der Waals surface area contributed by atoms with Crippen molar-refractivity contribution in [1.29, 1.82) is 0 Å². The molecular formula is C28H25IN2O3. The minimum Gasteiger partial charge on any atom is -0.490 e. The van der Waals surface area contributed by atoms with E-state index in [0.717, 1.165) is 20.3 Å². The number of ether oxygens (including phenoxy) is 2. The second-order valence-electron chi connectivity index (χ2n) is 7.70. The summed E-state index contributed by atoms with van der Waals surface area (Å²) in [4.78, 5) is 12.4. The summed E-state index contributed by atoms with van der Waals surface area (Å²) in [7, 11) is 0. The van der Waals surface area contributed by atoms with Crippen LogP contribution in [0.25, 0.3) is 10.8 Å². The molecule has 0 atom stereocenters. The van der Waals surface area contributed by atoms with Gasteiger partial charge < -0.3 is 9.47 Å². The first-order valence-electron chi connectivity index (χ1n) is 11.0. The lowest BCUT2D eigenvalue weighted by molar-refractivity contribution is 0.0954. The number of hydrogen-bond donors (Lipinski definition) is 1. The molecule has 4 rings (SSSR count). The fraction of sp³-hybridized carbons (Fsp3) is 0.143. The van der Waals surface area contributed by atoms with Gasteiger partial charge in [-0.1, -0.05) is 60.7 Å². The highest BCUT2D eigenvalue weighted by Crippen LogP contribution is 2.35. The number of nitrogens with zero attached hydrogens (tertiary/aromatic N) is 1. The van der Waals surface area contributed by atoms with Gasteiger partial charge in [0.05, 0.1) is 16.4 Å². The zero-order valence-electron chi connectivity index (χ0n) is 19.0. The van der Waals surface area contributed by atoms with Gasteiger partial charge in [-0.25, -0.2) is 5.43 Å². The lowest BCUT2D eigenvalue weighted by atomic mass is 10.1. The quantitative estimate of drug-likeness (QED) is 0.151. The Morgan fingerprint density at radius 1 is 1.00 bits per heavy atom. The number of rotatable bonds is 8. The first-order valence-corrected chi connectivity index (χ1v) is 12.1. The van der Waals surface area contributed by atoms with E-state index < -0.39 is 0 Å². The number of aryl methyl sites for hydroxylation is 1. The van der Waals surface area contributed by atoms with Gasteiger partial charge in [0.2, 0.25) is 0 Å². The van der Waals surface area contributed by atoms with Gasteiger partial charge in [-0.2, -0.15) is 5.10 Å². The van der Waals surface area contributed by atoms with E-state index in [1.165, 1.54) is 10.8 Å². The number of hydrogen-bond acceptors (Lipinski definition) is 4. The summed E-state index contributed by atoms with van der Waals surface area (Å²) in [6.45, 7) is 4.76. The number of benzene rings is 4. The monoisotopic (exact) mass is 564 g/mol. The highest BCUT2D eigenvalue weighted by atomic mass is 127. The topological polar surface area (TPSA) is 59.9 Å². The van der Waals surface area contributed by atoms with Crippen molar-refractivity contribution in [2.75, 3.05) is 6.61 Å². The van der Waals surface area contributed by atoms with Gasteiger partial charge in [0.1, 0.15) is 6.61 Å². The Bertz CT molecular complexity index is 1350. The van der Waals surface area contributed by atoms with E-state index in [0.29, 0.717) is 30.3 Å². The predicted octanol–water partition coefficient (Wildman–Crippen LogP) is 6.49. The first-order chi connectivity index (χ1) is 16.6. The number of carbonyl (C=O) groups is 1. The molecule has 0 aromatic heterocycles. The predicted molar refractivity (Wildman–Crippen MR) is 145 cm³/mol. The number of nitrogens with one attached hydrogen (secondary N) is 1. The van der Waals surface area contributed by atoms with Gasteiger partial charge in [0.25, 0.3) is 5.91 Å². The lowest BCUT2D eigenvalue weighted by Gasteiger charge is -2.15. The molecule has 0 bridgehead atoms. The summed E-state index contributed by atoms with van der Waals surface area (Å²) in [6.07, 6.45) is 1.61. The average Bonchev–Trinajstić information content (AvgIpc) is 2.84. The largest absolute Gasteiger partial charge is 0.490 e. The van der Waals surface area contributed by atoms with Gasteiger partial charge in [-0.05, 0) is 82.1 Å². The highest BCUT2D eigenvalue weighted by molar-refractivity contribution is 14.1. The van der Waals surface area contributed by atoms with Crippen molar-refractivity contribution in [2.45, 2.75) is 20.5 Å². The fourth-order valence-corrected chi connectivity index (χ4v) is 4.47. The third-order valence-electron chi connectivity index (χ3n) is 5.35. The molecule has 34 heavy (non-hydrogen) atoms. The van der Waals surface area contributed by atoms with Crippen LogP contribution in [0.3, 0.4) is 0 Å². The SMILES string of the molecule is CCOc1cc(/C=N/NC(=O)c2ccccc2C)cc(I)c1OCc1cccc2ccccc12. The van der Waals surface area contributed by atoms with E-state index in [-0.39, 0.29) is 5.91 Å². The number of halogens is 1. The Hall–Kier alpha value is -3.39. The van der Waals surface area contributed by atoms with Crippen molar-refractivity contribution >= 4 is 45.5 Å². The maximum Gasteiger partial charge on any atom is 0.271 e. The third-order valence-corrected chi connectivity index (χ3v) is 6.15. The first kappa shape index (κ1) is 23.8. The maximum absolute atomic E-state index is 12.4. The molecule has 4 aromatic rings. The summed E-state index contributed by atoms with van der Waals surface area (Å²) in [5.74, 6) is 1.09. The van der Waals surface area contributed by atoms with Crippen molar-refractivity contribution in [3.05, 3.63) is 105 Å². The number of fused-ring (bicyclic) bond motifs is 1.